The summed E-state index contributed by atoms with van der Waals surface area (Å²) in [6, 6.07) is 0. The maximum Gasteiger partial charge on any atom is 0.0494 e. The lowest BCUT2D eigenvalue weighted by Crippen LogP contribution is -2.22. The zero-order valence-corrected chi connectivity index (χ0v) is 14.1. The average molecular weight is 272 g/mol. The first-order chi connectivity index (χ1) is 8.99. The fraction of sp³-hybridized carbons (Fsp3) is 1.00. The first-order valence-corrected chi connectivity index (χ1v) is 7.86. The van der Waals surface area contributed by atoms with Gasteiger partial charge in [-0.2, -0.15) is 0 Å². The van der Waals surface area contributed by atoms with Crippen molar-refractivity contribution in [3.63, 3.8) is 0 Å². The van der Waals surface area contributed by atoms with Gasteiger partial charge in [0.25, 0.3) is 0 Å². The summed E-state index contributed by atoms with van der Waals surface area (Å²) < 4.78 is 5.97. The quantitative estimate of drug-likeness (QED) is 0.543. The fourth-order valence-electron chi connectivity index (χ4n) is 2.09. The molecule has 0 saturated carbocycles. The van der Waals surface area contributed by atoms with Crippen LogP contribution >= 0.6 is 0 Å². The number of hydrogen-bond acceptors (Lipinski definition) is 3. The van der Waals surface area contributed by atoms with Crippen molar-refractivity contribution in [3.8, 4) is 0 Å². The van der Waals surface area contributed by atoms with Crippen LogP contribution in [-0.2, 0) is 4.74 Å². The maximum absolute atomic E-state index is 5.97. The van der Waals surface area contributed by atoms with Gasteiger partial charge in [0, 0.05) is 13.2 Å². The highest BCUT2D eigenvalue weighted by molar-refractivity contribution is 4.61. The summed E-state index contributed by atoms with van der Waals surface area (Å²) in [5.74, 6) is 1.43. The number of nitrogens with zero attached hydrogens (tertiary/aromatic N) is 2. The Balaban J connectivity index is 3.76. The Morgan fingerprint density at radius 3 is 1.37 bits per heavy atom. The molecule has 0 fully saturated rings. The van der Waals surface area contributed by atoms with Crippen LogP contribution in [0.15, 0.2) is 0 Å². The third kappa shape index (κ3) is 11.4. The van der Waals surface area contributed by atoms with Crippen molar-refractivity contribution in [3.05, 3.63) is 0 Å². The van der Waals surface area contributed by atoms with Crippen molar-refractivity contribution in [1.82, 2.24) is 9.80 Å². The molecule has 0 aromatic rings. The van der Waals surface area contributed by atoms with Crippen molar-refractivity contribution in [2.45, 2.75) is 39.5 Å². The van der Waals surface area contributed by atoms with Crippen LogP contribution in [0.25, 0.3) is 0 Å². The number of hydrogen-bond donors (Lipinski definition) is 0. The van der Waals surface area contributed by atoms with Crippen molar-refractivity contribution < 1.29 is 4.74 Å². The molecule has 0 bridgehead atoms. The second-order valence-corrected chi connectivity index (χ2v) is 6.27. The standard InChI is InChI=1S/C16H36N2O/c1-7-15(9-11-17(3)4)13-19-14-16(8-2)10-12-18(5)6/h15-16H,7-14H2,1-6H3. The molecule has 2 atom stereocenters. The van der Waals surface area contributed by atoms with E-state index < -0.39 is 0 Å². The van der Waals surface area contributed by atoms with Gasteiger partial charge < -0.3 is 14.5 Å². The van der Waals surface area contributed by atoms with Crippen LogP contribution in [0.5, 0.6) is 0 Å². The molecule has 3 nitrogen and oxygen atoms in total. The summed E-state index contributed by atoms with van der Waals surface area (Å²) in [7, 11) is 8.56. The first-order valence-electron chi connectivity index (χ1n) is 7.86. The molecule has 0 aromatic carbocycles. The Hall–Kier alpha value is -0.120. The Labute approximate surface area is 121 Å². The van der Waals surface area contributed by atoms with Gasteiger partial charge in [-0.15, -0.1) is 0 Å². The van der Waals surface area contributed by atoms with Crippen LogP contribution in [0, 0.1) is 11.8 Å². The summed E-state index contributed by atoms with van der Waals surface area (Å²) in [6.07, 6.45) is 4.95. The lowest BCUT2D eigenvalue weighted by atomic mass is 10.0. The van der Waals surface area contributed by atoms with E-state index in [-0.39, 0.29) is 0 Å². The van der Waals surface area contributed by atoms with E-state index in [1.807, 2.05) is 0 Å². The third-order valence-electron chi connectivity index (χ3n) is 3.83. The second-order valence-electron chi connectivity index (χ2n) is 6.27. The largest absolute Gasteiger partial charge is 0.381 e. The van der Waals surface area contributed by atoms with E-state index in [2.05, 4.69) is 51.8 Å². The van der Waals surface area contributed by atoms with Crippen LogP contribution in [0.1, 0.15) is 39.5 Å². The topological polar surface area (TPSA) is 15.7 Å². The Kier molecular flexibility index (Phi) is 11.6. The van der Waals surface area contributed by atoms with Crippen LogP contribution in [0.2, 0.25) is 0 Å². The zero-order chi connectivity index (χ0) is 14.7. The smallest absolute Gasteiger partial charge is 0.0494 e. The lowest BCUT2D eigenvalue weighted by Gasteiger charge is -2.21. The van der Waals surface area contributed by atoms with Crippen molar-refractivity contribution in [2.24, 2.45) is 11.8 Å². The molecular weight excluding hydrogens is 236 g/mol. The Morgan fingerprint density at radius 2 is 1.11 bits per heavy atom. The second kappa shape index (κ2) is 11.7. The SMILES string of the molecule is CCC(CCN(C)C)COCC(CC)CCN(C)C. The molecule has 0 aliphatic rings. The molecule has 0 spiro atoms. The van der Waals surface area contributed by atoms with Gasteiger partial charge in [-0.3, -0.25) is 0 Å². The summed E-state index contributed by atoms with van der Waals surface area (Å²) in [5, 5.41) is 0. The monoisotopic (exact) mass is 272 g/mol. The van der Waals surface area contributed by atoms with Crippen LogP contribution in [-0.4, -0.2) is 64.3 Å². The molecule has 2 unspecified atom stereocenters. The van der Waals surface area contributed by atoms with Gasteiger partial charge in [0.1, 0.15) is 0 Å². The third-order valence-corrected chi connectivity index (χ3v) is 3.83. The Bertz CT molecular complexity index is 175. The Morgan fingerprint density at radius 1 is 0.737 bits per heavy atom. The fourth-order valence-corrected chi connectivity index (χ4v) is 2.09. The van der Waals surface area contributed by atoms with E-state index in [0.717, 1.165) is 13.2 Å². The lowest BCUT2D eigenvalue weighted by molar-refractivity contribution is 0.0604. The molecule has 0 aromatic heterocycles. The molecule has 0 saturated heterocycles. The molecule has 0 heterocycles. The first kappa shape index (κ1) is 18.9. The van der Waals surface area contributed by atoms with E-state index in [1.165, 1.54) is 38.8 Å². The van der Waals surface area contributed by atoms with E-state index in [4.69, 9.17) is 4.74 Å². The highest BCUT2D eigenvalue weighted by Gasteiger charge is 2.10. The molecule has 0 radical (unpaired) electrons. The zero-order valence-electron chi connectivity index (χ0n) is 14.1. The van der Waals surface area contributed by atoms with E-state index in [1.54, 1.807) is 0 Å². The van der Waals surface area contributed by atoms with Gasteiger partial charge in [0.2, 0.25) is 0 Å². The molecule has 0 aliphatic carbocycles. The van der Waals surface area contributed by atoms with Gasteiger partial charge in [-0.1, -0.05) is 26.7 Å². The minimum absolute atomic E-state index is 0.716. The molecule has 116 valence electrons. The summed E-state index contributed by atoms with van der Waals surface area (Å²) in [5.41, 5.74) is 0. The van der Waals surface area contributed by atoms with E-state index in [0.29, 0.717) is 11.8 Å². The maximum atomic E-state index is 5.97. The predicted molar refractivity (Wildman–Crippen MR) is 84.7 cm³/mol. The van der Waals surface area contributed by atoms with Gasteiger partial charge in [0.15, 0.2) is 0 Å². The normalized spacial score (nSPS) is 15.2. The average Bonchev–Trinajstić information content (AvgIpc) is 2.36. The highest BCUT2D eigenvalue weighted by Crippen LogP contribution is 2.13. The van der Waals surface area contributed by atoms with Crippen molar-refractivity contribution in [1.29, 1.82) is 0 Å². The molecule has 0 rings (SSSR count). The van der Waals surface area contributed by atoms with E-state index in [9.17, 15) is 0 Å². The summed E-state index contributed by atoms with van der Waals surface area (Å²) in [4.78, 5) is 4.52. The number of rotatable bonds is 12. The van der Waals surface area contributed by atoms with Gasteiger partial charge in [-0.25, -0.2) is 0 Å². The molecular formula is C16H36N2O. The van der Waals surface area contributed by atoms with Gasteiger partial charge in [0.05, 0.1) is 0 Å². The van der Waals surface area contributed by atoms with E-state index >= 15 is 0 Å². The minimum atomic E-state index is 0.716. The van der Waals surface area contributed by atoms with Crippen molar-refractivity contribution >= 4 is 0 Å². The van der Waals surface area contributed by atoms with Crippen LogP contribution < -0.4 is 0 Å². The highest BCUT2D eigenvalue weighted by atomic mass is 16.5. The van der Waals surface area contributed by atoms with Gasteiger partial charge >= 0.3 is 0 Å². The molecule has 0 aliphatic heterocycles. The van der Waals surface area contributed by atoms with Gasteiger partial charge in [-0.05, 0) is 66.0 Å². The minimum Gasteiger partial charge on any atom is -0.381 e. The van der Waals surface area contributed by atoms with Crippen molar-refractivity contribution in [2.75, 3.05) is 54.5 Å². The number of ether oxygens (including phenoxy) is 1. The summed E-state index contributed by atoms with van der Waals surface area (Å²) >= 11 is 0. The van der Waals surface area contributed by atoms with Crippen LogP contribution in [0.4, 0.5) is 0 Å². The predicted octanol–water partition coefficient (Wildman–Crippen LogP) is 2.96. The molecule has 19 heavy (non-hydrogen) atoms. The molecule has 0 N–H and O–H groups in total. The van der Waals surface area contributed by atoms with Crippen LogP contribution in [0.3, 0.4) is 0 Å². The summed E-state index contributed by atoms with van der Waals surface area (Å²) in [6.45, 7) is 8.74. The molecule has 0 amide bonds. The molecule has 3 heteroatoms.